The third-order valence-corrected chi connectivity index (χ3v) is 6.41. The maximum absolute atomic E-state index is 12.7. The number of carbonyl (C=O) groups excluding carboxylic acids is 2. The Morgan fingerprint density at radius 3 is 2.72 bits per heavy atom. The summed E-state index contributed by atoms with van der Waals surface area (Å²) in [5.41, 5.74) is 1.55. The minimum absolute atomic E-state index is 0.188. The van der Waals surface area contributed by atoms with Crippen LogP contribution in [-0.2, 0) is 13.0 Å². The zero-order valence-corrected chi connectivity index (χ0v) is 20.9. The highest BCUT2D eigenvalue weighted by Crippen LogP contribution is 2.31. The number of benzene rings is 1. The van der Waals surface area contributed by atoms with Gasteiger partial charge < -0.3 is 30.1 Å². The Hall–Kier alpha value is -3.97. The van der Waals surface area contributed by atoms with E-state index >= 15 is 0 Å². The number of anilines is 3. The highest BCUT2D eigenvalue weighted by Gasteiger charge is 2.24. The topological polar surface area (TPSA) is 151 Å². The van der Waals surface area contributed by atoms with Gasteiger partial charge in [-0.25, -0.2) is 9.78 Å². The average Bonchev–Trinajstić information content (AvgIpc) is 3.29. The molecule has 0 spiro atoms. The lowest BCUT2D eigenvalue weighted by Gasteiger charge is -2.27. The number of thiazole rings is 1. The molecule has 190 valence electrons. The van der Waals surface area contributed by atoms with Crippen molar-refractivity contribution in [1.29, 1.82) is 0 Å². The summed E-state index contributed by atoms with van der Waals surface area (Å²) in [6.07, 6.45) is 0.676. The van der Waals surface area contributed by atoms with Gasteiger partial charge in [0.05, 0.1) is 44.3 Å². The monoisotopic (exact) mass is 513 g/mol. The first-order valence-electron chi connectivity index (χ1n) is 11.2. The predicted octanol–water partition coefficient (Wildman–Crippen LogP) is 2.27. The molecule has 4 rings (SSSR count). The zero-order valence-electron chi connectivity index (χ0n) is 20.1. The molecule has 1 aromatic carbocycles. The number of hydrogen-bond donors (Lipinski definition) is 4. The molecule has 1 atom stereocenters. The lowest BCUT2D eigenvalue weighted by atomic mass is 10.1. The van der Waals surface area contributed by atoms with E-state index in [0.717, 1.165) is 10.6 Å². The van der Waals surface area contributed by atoms with E-state index in [1.54, 1.807) is 37.3 Å². The van der Waals surface area contributed by atoms with E-state index in [4.69, 9.17) is 9.47 Å². The van der Waals surface area contributed by atoms with Crippen molar-refractivity contribution in [1.82, 2.24) is 20.3 Å². The second-order valence-corrected chi connectivity index (χ2v) is 9.08. The lowest BCUT2D eigenvalue weighted by Crippen LogP contribution is -2.35. The van der Waals surface area contributed by atoms with Gasteiger partial charge in [-0.3, -0.25) is 10.1 Å². The van der Waals surface area contributed by atoms with Crippen LogP contribution in [0.15, 0.2) is 30.3 Å². The number of para-hydroxylation sites is 1. The molecular formula is C23H27N7O5S. The van der Waals surface area contributed by atoms with E-state index in [2.05, 4.69) is 35.8 Å². The number of nitrogens with zero attached hydrogens (tertiary/aromatic N) is 4. The second-order valence-electron chi connectivity index (χ2n) is 8.00. The van der Waals surface area contributed by atoms with Gasteiger partial charge in [-0.1, -0.05) is 23.5 Å². The summed E-state index contributed by atoms with van der Waals surface area (Å²) in [5.74, 6) is 0.691. The first-order valence-corrected chi connectivity index (χ1v) is 12.0. The molecule has 0 aliphatic carbocycles. The van der Waals surface area contributed by atoms with E-state index in [1.807, 2.05) is 0 Å². The summed E-state index contributed by atoms with van der Waals surface area (Å²) in [6.45, 7) is 2.74. The van der Waals surface area contributed by atoms with Crippen molar-refractivity contribution in [3.63, 3.8) is 0 Å². The fourth-order valence-electron chi connectivity index (χ4n) is 3.58. The fourth-order valence-corrected chi connectivity index (χ4v) is 4.60. The molecule has 2 aromatic heterocycles. The third kappa shape index (κ3) is 5.80. The van der Waals surface area contributed by atoms with Crippen LogP contribution in [-0.4, -0.2) is 65.4 Å². The van der Waals surface area contributed by atoms with Gasteiger partial charge >= 0.3 is 12.0 Å². The van der Waals surface area contributed by atoms with Crippen molar-refractivity contribution >= 4 is 39.9 Å². The molecule has 0 saturated carbocycles. The highest BCUT2D eigenvalue weighted by atomic mass is 32.1. The summed E-state index contributed by atoms with van der Waals surface area (Å²) < 4.78 is 10.4. The first kappa shape index (κ1) is 25.1. The number of aliphatic hydroxyl groups excluding tert-OH is 1. The summed E-state index contributed by atoms with van der Waals surface area (Å²) in [6, 6.07) is 7.69. The molecule has 12 nitrogen and oxygen atoms in total. The van der Waals surface area contributed by atoms with Crippen LogP contribution in [0, 0.1) is 0 Å². The normalized spacial score (nSPS) is 13.4. The maximum Gasteiger partial charge on any atom is 0.325 e. The van der Waals surface area contributed by atoms with Crippen LogP contribution in [0.25, 0.3) is 0 Å². The van der Waals surface area contributed by atoms with Crippen molar-refractivity contribution < 1.29 is 24.2 Å². The highest BCUT2D eigenvalue weighted by molar-refractivity contribution is 7.15. The molecule has 36 heavy (non-hydrogen) atoms. The van der Waals surface area contributed by atoms with Crippen LogP contribution in [0.3, 0.4) is 0 Å². The molecular weight excluding hydrogens is 486 g/mol. The number of methoxy groups -OCH3 is 2. The van der Waals surface area contributed by atoms with Crippen molar-refractivity contribution in [2.75, 3.05) is 42.9 Å². The molecule has 3 amide bonds. The molecule has 3 heterocycles. The minimum atomic E-state index is -0.515. The quantitative estimate of drug-likeness (QED) is 0.356. The standard InChI is InChI=1S/C23H27N7O5S/c1-13(12-31)24-20(32)14-6-4-5-7-15(14)25-21(33)29-23-26-16-8-9-30(11-17(16)36-23)18-10-19(34-2)28-22(27-18)35-3/h4-7,10,13,31H,8-9,11-12H2,1-3H3,(H,24,32)(H2,25,26,29,33)/t13-/m0/s1. The molecule has 0 bridgehead atoms. The van der Waals surface area contributed by atoms with Gasteiger partial charge in [-0.05, 0) is 19.1 Å². The van der Waals surface area contributed by atoms with Crippen LogP contribution in [0.5, 0.6) is 11.9 Å². The van der Waals surface area contributed by atoms with E-state index < -0.39 is 18.0 Å². The third-order valence-electron chi connectivity index (χ3n) is 5.41. The predicted molar refractivity (Wildman–Crippen MR) is 135 cm³/mol. The maximum atomic E-state index is 12.7. The number of rotatable bonds is 8. The van der Waals surface area contributed by atoms with Crippen LogP contribution < -0.4 is 30.3 Å². The number of urea groups is 1. The molecule has 1 aliphatic heterocycles. The van der Waals surface area contributed by atoms with E-state index in [-0.39, 0.29) is 18.2 Å². The fraction of sp³-hybridized carbons (Fsp3) is 0.348. The van der Waals surface area contributed by atoms with Gasteiger partial charge in [0.15, 0.2) is 5.13 Å². The van der Waals surface area contributed by atoms with Gasteiger partial charge in [0.1, 0.15) is 5.82 Å². The van der Waals surface area contributed by atoms with Crippen molar-refractivity contribution in [2.45, 2.75) is 25.9 Å². The molecule has 3 aromatic rings. The molecule has 0 saturated heterocycles. The number of fused-ring (bicyclic) bond motifs is 1. The smallest absolute Gasteiger partial charge is 0.325 e. The van der Waals surface area contributed by atoms with Gasteiger partial charge in [0, 0.05) is 30.0 Å². The Bertz CT molecular complexity index is 1230. The molecule has 0 unspecified atom stereocenters. The SMILES string of the molecule is COc1cc(N2CCc3nc(NC(=O)Nc4ccccc4C(=O)N[C@@H](C)CO)sc3C2)nc(OC)n1. The Morgan fingerprint density at radius 1 is 1.17 bits per heavy atom. The van der Waals surface area contributed by atoms with Crippen LogP contribution in [0.2, 0.25) is 0 Å². The second kappa shape index (κ2) is 11.2. The number of ether oxygens (including phenoxy) is 2. The number of carbonyl (C=O) groups is 2. The largest absolute Gasteiger partial charge is 0.481 e. The number of nitrogens with one attached hydrogen (secondary N) is 3. The lowest BCUT2D eigenvalue weighted by molar-refractivity contribution is 0.0923. The van der Waals surface area contributed by atoms with E-state index in [0.29, 0.717) is 42.0 Å². The summed E-state index contributed by atoms with van der Waals surface area (Å²) in [5, 5.41) is 17.8. The number of aromatic nitrogens is 3. The van der Waals surface area contributed by atoms with Gasteiger partial charge in [-0.2, -0.15) is 9.97 Å². The van der Waals surface area contributed by atoms with E-state index in [9.17, 15) is 14.7 Å². The van der Waals surface area contributed by atoms with E-state index in [1.165, 1.54) is 25.6 Å². The summed E-state index contributed by atoms with van der Waals surface area (Å²) >= 11 is 1.38. The first-order chi connectivity index (χ1) is 17.4. The van der Waals surface area contributed by atoms with Crippen LogP contribution in [0.1, 0.15) is 27.9 Å². The van der Waals surface area contributed by atoms with Gasteiger partial charge in [-0.15, -0.1) is 0 Å². The Kier molecular flexibility index (Phi) is 7.80. The summed E-state index contributed by atoms with van der Waals surface area (Å²) in [7, 11) is 3.03. The van der Waals surface area contributed by atoms with Crippen LogP contribution in [0.4, 0.5) is 21.4 Å². The van der Waals surface area contributed by atoms with Gasteiger partial charge in [0.25, 0.3) is 5.91 Å². The number of amides is 3. The molecule has 0 radical (unpaired) electrons. The molecule has 1 aliphatic rings. The molecule has 13 heteroatoms. The van der Waals surface area contributed by atoms with Crippen LogP contribution >= 0.6 is 11.3 Å². The van der Waals surface area contributed by atoms with Crippen molar-refractivity contribution in [2.24, 2.45) is 0 Å². The Labute approximate surface area is 211 Å². The van der Waals surface area contributed by atoms with Gasteiger partial charge in [0.2, 0.25) is 5.88 Å². The molecule has 0 fully saturated rings. The number of aliphatic hydroxyl groups is 1. The summed E-state index contributed by atoms with van der Waals surface area (Å²) in [4.78, 5) is 41.4. The number of hydrogen-bond acceptors (Lipinski definition) is 10. The minimum Gasteiger partial charge on any atom is -0.481 e. The Morgan fingerprint density at radius 2 is 1.97 bits per heavy atom. The van der Waals surface area contributed by atoms with Crippen molar-refractivity contribution in [3.05, 3.63) is 46.5 Å². The average molecular weight is 514 g/mol. The van der Waals surface area contributed by atoms with Crippen molar-refractivity contribution in [3.8, 4) is 11.9 Å². The Balaban J connectivity index is 1.43. The zero-order chi connectivity index (χ0) is 25.7. The molecule has 4 N–H and O–H groups in total.